The van der Waals surface area contributed by atoms with Gasteiger partial charge in [-0.25, -0.2) is 4.79 Å². The zero-order valence-electron chi connectivity index (χ0n) is 23.3. The number of ether oxygens (including phenoxy) is 4. The van der Waals surface area contributed by atoms with E-state index in [0.29, 0.717) is 18.4 Å². The van der Waals surface area contributed by atoms with Crippen molar-refractivity contribution in [1.29, 1.82) is 0 Å². The number of carbonyl (C=O) groups excluding carboxylic acids is 1. The molecule has 0 aromatic carbocycles. The van der Waals surface area contributed by atoms with Gasteiger partial charge in [0.1, 0.15) is 24.9 Å². The molecule has 13 atom stereocenters. The summed E-state index contributed by atoms with van der Waals surface area (Å²) in [5.41, 5.74) is 0.300. The Balaban J connectivity index is 1.16. The number of fused-ring (bicyclic) bond motifs is 5. The summed E-state index contributed by atoms with van der Waals surface area (Å²) in [6.45, 7) is 6.87. The Kier molecular flexibility index (Phi) is 6.80. The highest BCUT2D eigenvalue weighted by Crippen LogP contribution is 2.70. The molecule has 2 heterocycles. The van der Waals surface area contributed by atoms with E-state index in [2.05, 4.69) is 13.8 Å². The number of rotatable bonds is 4. The fourth-order valence-electron chi connectivity index (χ4n) is 10.1. The summed E-state index contributed by atoms with van der Waals surface area (Å²) in [5.74, 6) is 1.22. The Morgan fingerprint density at radius 1 is 1.00 bits per heavy atom. The van der Waals surface area contributed by atoms with Crippen LogP contribution in [0.5, 0.6) is 0 Å². The summed E-state index contributed by atoms with van der Waals surface area (Å²) in [6, 6.07) is 0. The first kappa shape index (κ1) is 27.2. The van der Waals surface area contributed by atoms with Gasteiger partial charge < -0.3 is 34.3 Å². The van der Waals surface area contributed by atoms with E-state index in [1.54, 1.807) is 13.0 Å². The summed E-state index contributed by atoms with van der Waals surface area (Å²) in [6.07, 6.45) is 6.45. The molecule has 5 fully saturated rings. The normalized spacial score (nSPS) is 54.5. The molecule has 0 spiro atoms. The van der Waals surface area contributed by atoms with Gasteiger partial charge in [-0.15, -0.1) is 0 Å². The van der Waals surface area contributed by atoms with Crippen LogP contribution < -0.4 is 0 Å². The summed E-state index contributed by atoms with van der Waals surface area (Å²) < 4.78 is 22.8. The lowest BCUT2D eigenvalue weighted by Gasteiger charge is -2.64. The van der Waals surface area contributed by atoms with Crippen molar-refractivity contribution in [2.24, 2.45) is 34.5 Å². The van der Waals surface area contributed by atoms with Crippen molar-refractivity contribution >= 4 is 5.97 Å². The topological polar surface area (TPSA) is 115 Å². The van der Waals surface area contributed by atoms with Crippen LogP contribution in [-0.2, 0) is 23.7 Å². The van der Waals surface area contributed by atoms with Crippen molar-refractivity contribution < 1.29 is 39.1 Å². The van der Waals surface area contributed by atoms with Gasteiger partial charge in [-0.05, 0) is 99.4 Å². The van der Waals surface area contributed by atoms with Gasteiger partial charge in [0.25, 0.3) is 0 Å². The van der Waals surface area contributed by atoms with E-state index in [1.165, 1.54) is 7.11 Å². The molecule has 1 saturated heterocycles. The zero-order chi connectivity index (χ0) is 27.0. The molecule has 214 valence electrons. The number of hydrogen-bond donors (Lipinski definition) is 3. The molecule has 0 radical (unpaired) electrons. The molecular formula is C30H46O8. The van der Waals surface area contributed by atoms with E-state index < -0.39 is 36.3 Å². The molecule has 38 heavy (non-hydrogen) atoms. The molecule has 6 aliphatic rings. The number of aliphatic hydroxyl groups excluding tert-OH is 2. The van der Waals surface area contributed by atoms with Gasteiger partial charge in [0.15, 0.2) is 6.29 Å². The van der Waals surface area contributed by atoms with Crippen molar-refractivity contribution in [3.8, 4) is 0 Å². The maximum atomic E-state index is 12.4. The van der Waals surface area contributed by atoms with Crippen LogP contribution in [0.15, 0.2) is 11.6 Å². The van der Waals surface area contributed by atoms with E-state index in [9.17, 15) is 20.1 Å². The molecule has 6 rings (SSSR count). The molecule has 0 aromatic rings. The zero-order valence-corrected chi connectivity index (χ0v) is 23.3. The van der Waals surface area contributed by atoms with Gasteiger partial charge in [0.05, 0.1) is 17.8 Å². The average molecular weight is 535 g/mol. The van der Waals surface area contributed by atoms with E-state index in [-0.39, 0.29) is 34.7 Å². The van der Waals surface area contributed by atoms with Crippen LogP contribution in [0.25, 0.3) is 0 Å². The standard InChI is InChI=1S/C30H46O8/c1-16-24(32)26(35-4)25(33)27(37-16)38-19-7-10-28(2)18(14-19)5-6-22-21(28)8-11-29(3)20(9-12-30(22,29)34)17-13-23(31)36-15-17/h13,16,18-22,24-27,32-34H,5-12,14-15H2,1-4H3/t16-,18+,19-,20+,21-,22+,24-,25?,26+,27-,28-,29+,30-/m0/s1. The fraction of sp³-hybridized carbons (Fsp3) is 0.900. The van der Waals surface area contributed by atoms with E-state index in [4.69, 9.17) is 18.9 Å². The highest BCUT2D eigenvalue weighted by Gasteiger charge is 2.67. The molecule has 0 bridgehead atoms. The Bertz CT molecular complexity index is 968. The highest BCUT2D eigenvalue weighted by molar-refractivity contribution is 5.85. The quantitative estimate of drug-likeness (QED) is 0.372. The highest BCUT2D eigenvalue weighted by atomic mass is 16.7. The lowest BCUT2D eigenvalue weighted by Crippen LogP contribution is -2.62. The lowest BCUT2D eigenvalue weighted by atomic mass is 9.43. The maximum Gasteiger partial charge on any atom is 0.331 e. The average Bonchev–Trinajstić information content (AvgIpc) is 3.43. The predicted molar refractivity (Wildman–Crippen MR) is 138 cm³/mol. The summed E-state index contributed by atoms with van der Waals surface area (Å²) in [5, 5.41) is 33.5. The monoisotopic (exact) mass is 534 g/mol. The molecule has 8 heteroatoms. The number of hydrogen-bond acceptors (Lipinski definition) is 8. The first-order valence-corrected chi connectivity index (χ1v) is 14.8. The minimum Gasteiger partial charge on any atom is -0.458 e. The fourth-order valence-corrected chi connectivity index (χ4v) is 10.1. The molecule has 1 unspecified atom stereocenters. The summed E-state index contributed by atoms with van der Waals surface area (Å²) in [4.78, 5) is 11.8. The SMILES string of the molecule is CO[C@H]1C(O)[C@H](O[C@H]2CC[C@@]3(C)[C@H](CC[C@@H]4[C@@H]3CC[C@]3(C)[C@@H](C5=CC(=O)OC5)CC[C@]43O)C2)O[C@@H](C)[C@@H]1O. The minimum atomic E-state index is -1.04. The lowest BCUT2D eigenvalue weighted by molar-refractivity contribution is -0.313. The second-order valence-electron chi connectivity index (χ2n) is 13.7. The van der Waals surface area contributed by atoms with Crippen LogP contribution in [0.3, 0.4) is 0 Å². The number of carbonyl (C=O) groups is 1. The van der Waals surface area contributed by atoms with Crippen LogP contribution in [0.1, 0.15) is 78.6 Å². The third-order valence-electron chi connectivity index (χ3n) is 12.3. The van der Waals surface area contributed by atoms with Gasteiger partial charge >= 0.3 is 5.97 Å². The Labute approximate surface area is 226 Å². The predicted octanol–water partition coefficient (Wildman–Crippen LogP) is 3.11. The smallest absolute Gasteiger partial charge is 0.331 e. The second kappa shape index (κ2) is 9.52. The van der Waals surface area contributed by atoms with Crippen molar-refractivity contribution in [2.75, 3.05) is 13.7 Å². The molecule has 8 nitrogen and oxygen atoms in total. The maximum absolute atomic E-state index is 12.4. The van der Waals surface area contributed by atoms with Gasteiger partial charge in [0.2, 0.25) is 0 Å². The largest absolute Gasteiger partial charge is 0.458 e. The van der Waals surface area contributed by atoms with Crippen molar-refractivity contribution in [3.63, 3.8) is 0 Å². The Morgan fingerprint density at radius 2 is 1.79 bits per heavy atom. The molecule has 0 aromatic heterocycles. The number of methoxy groups -OCH3 is 1. The summed E-state index contributed by atoms with van der Waals surface area (Å²) in [7, 11) is 1.49. The van der Waals surface area contributed by atoms with Crippen molar-refractivity contribution in [2.45, 2.75) is 121 Å². The molecule has 4 aliphatic carbocycles. The summed E-state index contributed by atoms with van der Waals surface area (Å²) >= 11 is 0. The van der Waals surface area contributed by atoms with Crippen LogP contribution in [0, 0.1) is 34.5 Å². The first-order valence-electron chi connectivity index (χ1n) is 14.8. The molecular weight excluding hydrogens is 488 g/mol. The van der Waals surface area contributed by atoms with Gasteiger partial charge in [-0.2, -0.15) is 0 Å². The minimum absolute atomic E-state index is 0.0103. The van der Waals surface area contributed by atoms with E-state index in [1.807, 2.05) is 0 Å². The third-order valence-corrected chi connectivity index (χ3v) is 12.3. The van der Waals surface area contributed by atoms with Crippen molar-refractivity contribution in [1.82, 2.24) is 0 Å². The first-order chi connectivity index (χ1) is 18.0. The molecule has 3 N–H and O–H groups in total. The number of aliphatic hydroxyl groups is 3. The van der Waals surface area contributed by atoms with Crippen LogP contribution in [-0.4, -0.2) is 77.4 Å². The molecule has 2 aliphatic heterocycles. The van der Waals surface area contributed by atoms with E-state index in [0.717, 1.165) is 63.4 Å². The van der Waals surface area contributed by atoms with Crippen molar-refractivity contribution in [3.05, 3.63) is 11.6 Å². The van der Waals surface area contributed by atoms with Gasteiger partial charge in [-0.3, -0.25) is 0 Å². The van der Waals surface area contributed by atoms with Crippen LogP contribution in [0.4, 0.5) is 0 Å². The van der Waals surface area contributed by atoms with Crippen LogP contribution >= 0.6 is 0 Å². The van der Waals surface area contributed by atoms with Gasteiger partial charge in [-0.1, -0.05) is 13.8 Å². The molecule has 0 amide bonds. The molecule has 4 saturated carbocycles. The Hall–Kier alpha value is -1.03. The number of esters is 1. The van der Waals surface area contributed by atoms with Crippen LogP contribution in [0.2, 0.25) is 0 Å². The van der Waals surface area contributed by atoms with E-state index >= 15 is 0 Å². The third kappa shape index (κ3) is 3.88. The number of cyclic esters (lactones) is 1. The Morgan fingerprint density at radius 3 is 2.50 bits per heavy atom. The second-order valence-corrected chi connectivity index (χ2v) is 13.7. The van der Waals surface area contributed by atoms with Gasteiger partial charge in [0, 0.05) is 18.6 Å².